The van der Waals surface area contributed by atoms with Crippen molar-refractivity contribution in [3.8, 4) is 0 Å². The van der Waals surface area contributed by atoms with Crippen LogP contribution in [0.25, 0.3) is 0 Å². The second-order valence-corrected chi connectivity index (χ2v) is 3.86. The standard InChI is InChI=1S/C12H17F3N2/c1-3-5-11(17-4-2)9-8-16-7-6-10(9)12(13,14)15/h6-8,11,17H,3-5H2,1-2H3. The predicted molar refractivity (Wildman–Crippen MR) is 60.6 cm³/mol. The number of hydrogen-bond donors (Lipinski definition) is 1. The molecule has 0 aromatic carbocycles. The molecule has 1 atom stereocenters. The highest BCUT2D eigenvalue weighted by molar-refractivity contribution is 5.29. The second kappa shape index (κ2) is 6.00. The molecule has 96 valence electrons. The molecule has 0 spiro atoms. The summed E-state index contributed by atoms with van der Waals surface area (Å²) in [4.78, 5) is 3.80. The van der Waals surface area contributed by atoms with E-state index in [1.807, 2.05) is 13.8 Å². The summed E-state index contributed by atoms with van der Waals surface area (Å²) in [6.45, 7) is 4.47. The summed E-state index contributed by atoms with van der Waals surface area (Å²) in [6, 6.07) is 0.755. The van der Waals surface area contributed by atoms with Crippen LogP contribution in [0, 0.1) is 0 Å². The number of rotatable bonds is 5. The van der Waals surface area contributed by atoms with Crippen LogP contribution >= 0.6 is 0 Å². The summed E-state index contributed by atoms with van der Waals surface area (Å²) in [7, 11) is 0. The van der Waals surface area contributed by atoms with Crippen molar-refractivity contribution in [2.24, 2.45) is 0 Å². The van der Waals surface area contributed by atoms with Gasteiger partial charge in [-0.05, 0) is 24.6 Å². The predicted octanol–water partition coefficient (Wildman–Crippen LogP) is 3.55. The van der Waals surface area contributed by atoms with E-state index < -0.39 is 11.7 Å². The van der Waals surface area contributed by atoms with Gasteiger partial charge in [-0.1, -0.05) is 20.3 Å². The number of pyridine rings is 1. The van der Waals surface area contributed by atoms with Gasteiger partial charge in [-0.3, -0.25) is 4.98 Å². The van der Waals surface area contributed by atoms with Gasteiger partial charge in [-0.25, -0.2) is 0 Å². The van der Waals surface area contributed by atoms with Gasteiger partial charge in [0.2, 0.25) is 0 Å². The number of nitrogens with one attached hydrogen (secondary N) is 1. The Morgan fingerprint density at radius 2 is 2.06 bits per heavy atom. The van der Waals surface area contributed by atoms with E-state index in [4.69, 9.17) is 0 Å². The maximum absolute atomic E-state index is 12.8. The zero-order valence-electron chi connectivity index (χ0n) is 10.0. The first kappa shape index (κ1) is 14.0. The zero-order chi connectivity index (χ0) is 12.9. The SMILES string of the molecule is CCCC(NCC)c1cnccc1C(F)(F)F. The van der Waals surface area contributed by atoms with Gasteiger partial charge in [0, 0.05) is 18.4 Å². The molecule has 0 radical (unpaired) electrons. The lowest BCUT2D eigenvalue weighted by Crippen LogP contribution is -2.24. The fourth-order valence-electron chi connectivity index (χ4n) is 1.85. The van der Waals surface area contributed by atoms with Crippen LogP contribution in [0.5, 0.6) is 0 Å². The Bertz CT molecular complexity index is 344. The van der Waals surface area contributed by atoms with E-state index >= 15 is 0 Å². The van der Waals surface area contributed by atoms with E-state index in [0.717, 1.165) is 12.5 Å². The minimum atomic E-state index is -4.32. The summed E-state index contributed by atoms with van der Waals surface area (Å²) in [5.74, 6) is 0. The monoisotopic (exact) mass is 246 g/mol. The third-order valence-electron chi connectivity index (χ3n) is 2.56. The first-order valence-electron chi connectivity index (χ1n) is 5.75. The van der Waals surface area contributed by atoms with Crippen LogP contribution in [0.4, 0.5) is 13.2 Å². The first-order valence-corrected chi connectivity index (χ1v) is 5.75. The van der Waals surface area contributed by atoms with E-state index in [-0.39, 0.29) is 11.6 Å². The van der Waals surface area contributed by atoms with E-state index in [1.165, 1.54) is 12.4 Å². The van der Waals surface area contributed by atoms with Gasteiger partial charge in [0.1, 0.15) is 0 Å². The summed E-state index contributed by atoms with van der Waals surface area (Å²) < 4.78 is 38.5. The highest BCUT2D eigenvalue weighted by Gasteiger charge is 2.34. The minimum Gasteiger partial charge on any atom is -0.310 e. The molecule has 1 aromatic rings. The van der Waals surface area contributed by atoms with Gasteiger partial charge in [0.05, 0.1) is 5.56 Å². The Balaban J connectivity index is 3.09. The number of hydrogen-bond acceptors (Lipinski definition) is 2. The van der Waals surface area contributed by atoms with Crippen molar-refractivity contribution in [3.63, 3.8) is 0 Å². The fraction of sp³-hybridized carbons (Fsp3) is 0.583. The van der Waals surface area contributed by atoms with Crippen molar-refractivity contribution >= 4 is 0 Å². The third-order valence-corrected chi connectivity index (χ3v) is 2.56. The first-order chi connectivity index (χ1) is 8.00. The Labute approximate surface area is 99.3 Å². The van der Waals surface area contributed by atoms with Gasteiger partial charge < -0.3 is 5.32 Å². The highest BCUT2D eigenvalue weighted by atomic mass is 19.4. The topological polar surface area (TPSA) is 24.9 Å². The molecule has 0 saturated carbocycles. The van der Waals surface area contributed by atoms with Gasteiger partial charge in [0.25, 0.3) is 0 Å². The van der Waals surface area contributed by atoms with E-state index in [1.54, 1.807) is 0 Å². The average molecular weight is 246 g/mol. The van der Waals surface area contributed by atoms with E-state index in [2.05, 4.69) is 10.3 Å². The summed E-state index contributed by atoms with van der Waals surface area (Å²) >= 11 is 0. The molecule has 1 N–H and O–H groups in total. The molecule has 2 nitrogen and oxygen atoms in total. The lowest BCUT2D eigenvalue weighted by atomic mass is 9.99. The lowest BCUT2D eigenvalue weighted by molar-refractivity contribution is -0.138. The third kappa shape index (κ3) is 3.70. The smallest absolute Gasteiger partial charge is 0.310 e. The van der Waals surface area contributed by atoms with Crippen LogP contribution in [0.3, 0.4) is 0 Å². The number of nitrogens with zero attached hydrogens (tertiary/aromatic N) is 1. The van der Waals surface area contributed by atoms with Crippen molar-refractivity contribution in [2.75, 3.05) is 6.54 Å². The molecule has 0 amide bonds. The van der Waals surface area contributed by atoms with Gasteiger partial charge >= 0.3 is 6.18 Å². The molecular weight excluding hydrogens is 229 g/mol. The molecule has 1 heterocycles. The molecule has 0 aliphatic heterocycles. The molecule has 0 aliphatic carbocycles. The van der Waals surface area contributed by atoms with Crippen LogP contribution in [0.15, 0.2) is 18.5 Å². The maximum atomic E-state index is 12.8. The normalized spacial score (nSPS) is 13.7. The summed E-state index contributed by atoms with van der Waals surface area (Å²) in [6.07, 6.45) is -0.334. The summed E-state index contributed by atoms with van der Waals surface area (Å²) in [5.41, 5.74) is -0.351. The van der Waals surface area contributed by atoms with Crippen molar-refractivity contribution < 1.29 is 13.2 Å². The largest absolute Gasteiger partial charge is 0.416 e. The molecule has 0 saturated heterocycles. The van der Waals surface area contributed by atoms with Crippen molar-refractivity contribution in [2.45, 2.75) is 38.9 Å². The van der Waals surface area contributed by atoms with Crippen LogP contribution in [-0.4, -0.2) is 11.5 Å². The lowest BCUT2D eigenvalue weighted by Gasteiger charge is -2.21. The van der Waals surface area contributed by atoms with Crippen LogP contribution in [0.2, 0.25) is 0 Å². The second-order valence-electron chi connectivity index (χ2n) is 3.86. The Morgan fingerprint density at radius 1 is 1.35 bits per heavy atom. The number of halogens is 3. The summed E-state index contributed by atoms with van der Waals surface area (Å²) in [5, 5.41) is 3.07. The van der Waals surface area contributed by atoms with Gasteiger partial charge in [0.15, 0.2) is 0 Å². The van der Waals surface area contributed by atoms with E-state index in [0.29, 0.717) is 13.0 Å². The molecule has 0 bridgehead atoms. The molecule has 1 aromatic heterocycles. The zero-order valence-corrected chi connectivity index (χ0v) is 10.0. The highest BCUT2D eigenvalue weighted by Crippen LogP contribution is 2.35. The van der Waals surface area contributed by atoms with Crippen molar-refractivity contribution in [3.05, 3.63) is 29.6 Å². The fourth-order valence-corrected chi connectivity index (χ4v) is 1.85. The van der Waals surface area contributed by atoms with Gasteiger partial charge in [-0.2, -0.15) is 13.2 Å². The molecule has 0 fully saturated rings. The van der Waals surface area contributed by atoms with Crippen molar-refractivity contribution in [1.29, 1.82) is 0 Å². The Morgan fingerprint density at radius 3 is 2.59 bits per heavy atom. The van der Waals surface area contributed by atoms with E-state index in [9.17, 15) is 13.2 Å². The molecular formula is C12H17F3N2. The Kier molecular flexibility index (Phi) is 4.93. The maximum Gasteiger partial charge on any atom is 0.416 e. The van der Waals surface area contributed by atoms with Crippen LogP contribution in [0.1, 0.15) is 43.9 Å². The molecule has 1 rings (SSSR count). The quantitative estimate of drug-likeness (QED) is 0.859. The van der Waals surface area contributed by atoms with Gasteiger partial charge in [-0.15, -0.1) is 0 Å². The molecule has 5 heteroatoms. The Hall–Kier alpha value is -1.10. The minimum absolute atomic E-state index is 0.240. The molecule has 1 unspecified atom stereocenters. The molecule has 17 heavy (non-hydrogen) atoms. The average Bonchev–Trinajstić information content (AvgIpc) is 2.28. The molecule has 0 aliphatic rings. The number of aromatic nitrogens is 1. The number of alkyl halides is 3. The van der Waals surface area contributed by atoms with Crippen LogP contribution in [-0.2, 0) is 6.18 Å². The van der Waals surface area contributed by atoms with Crippen molar-refractivity contribution in [1.82, 2.24) is 10.3 Å². The van der Waals surface area contributed by atoms with Crippen LogP contribution < -0.4 is 5.32 Å².